The topological polar surface area (TPSA) is 76.6 Å². The number of carbonyl (C=O) groups excluding carboxylic acids is 1. The van der Waals surface area contributed by atoms with Crippen LogP contribution in [-0.4, -0.2) is 52.3 Å². The molecule has 2 N–H and O–H groups in total. The van der Waals surface area contributed by atoms with Crippen molar-refractivity contribution in [2.75, 3.05) is 20.6 Å². The summed E-state index contributed by atoms with van der Waals surface area (Å²) in [6, 6.07) is 18.4. The lowest BCUT2D eigenvalue weighted by Crippen LogP contribution is -2.38. The Bertz CT molecular complexity index is 1070. The zero-order valence-corrected chi connectivity index (χ0v) is 18.7. The number of benzene rings is 2. The van der Waals surface area contributed by atoms with E-state index in [9.17, 15) is 4.79 Å². The predicted octanol–water partition coefficient (Wildman–Crippen LogP) is 3.41. The first-order valence-corrected chi connectivity index (χ1v) is 11.0. The van der Waals surface area contributed by atoms with Gasteiger partial charge in [-0.05, 0) is 23.1 Å². The van der Waals surface area contributed by atoms with Crippen molar-refractivity contribution in [1.82, 2.24) is 25.1 Å². The quantitative estimate of drug-likeness (QED) is 0.445. The Labute approximate surface area is 189 Å². The maximum Gasteiger partial charge on any atom is 0.222 e. The Morgan fingerprint density at radius 1 is 1.16 bits per heavy atom. The van der Waals surface area contributed by atoms with E-state index < -0.39 is 0 Å². The van der Waals surface area contributed by atoms with Gasteiger partial charge < -0.3 is 20.1 Å². The molecular formula is C25H30N6O. The van der Waals surface area contributed by atoms with Crippen molar-refractivity contribution in [1.29, 1.82) is 0 Å². The summed E-state index contributed by atoms with van der Waals surface area (Å²) in [6.07, 6.45) is 3.48. The van der Waals surface area contributed by atoms with Gasteiger partial charge in [0.15, 0.2) is 5.96 Å². The highest BCUT2D eigenvalue weighted by atomic mass is 16.2. The van der Waals surface area contributed by atoms with Crippen LogP contribution in [0, 0.1) is 0 Å². The molecule has 0 atom stereocenters. The Kier molecular flexibility index (Phi) is 6.84. The molecule has 1 aliphatic heterocycles. The molecule has 0 unspecified atom stereocenters. The number of hydrogen-bond donors (Lipinski definition) is 2. The van der Waals surface area contributed by atoms with E-state index in [1.807, 2.05) is 53.4 Å². The lowest BCUT2D eigenvalue weighted by atomic mass is 10.1. The van der Waals surface area contributed by atoms with E-state index in [2.05, 4.69) is 44.5 Å². The Hall–Kier alpha value is -3.61. The van der Waals surface area contributed by atoms with Gasteiger partial charge >= 0.3 is 0 Å². The third-order valence-corrected chi connectivity index (χ3v) is 5.76. The van der Waals surface area contributed by atoms with Crippen LogP contribution >= 0.6 is 0 Å². The van der Waals surface area contributed by atoms with E-state index in [4.69, 9.17) is 0 Å². The second-order valence-corrected chi connectivity index (χ2v) is 8.05. The molecule has 0 aliphatic carbocycles. The summed E-state index contributed by atoms with van der Waals surface area (Å²) < 4.78 is 0. The van der Waals surface area contributed by atoms with Crippen LogP contribution < -0.4 is 5.32 Å². The van der Waals surface area contributed by atoms with Gasteiger partial charge in [-0.15, -0.1) is 0 Å². The van der Waals surface area contributed by atoms with Gasteiger partial charge in [0.2, 0.25) is 5.91 Å². The fourth-order valence-electron chi connectivity index (χ4n) is 4.03. The highest BCUT2D eigenvalue weighted by Crippen LogP contribution is 2.18. The molecule has 166 valence electrons. The molecule has 4 rings (SSSR count). The fraction of sp³-hybridized carbons (Fsp3) is 0.320. The second kappa shape index (κ2) is 10.1. The average molecular weight is 431 g/mol. The molecule has 1 fully saturated rings. The van der Waals surface area contributed by atoms with Crippen LogP contribution in [0.2, 0.25) is 0 Å². The van der Waals surface area contributed by atoms with Crippen LogP contribution in [0.3, 0.4) is 0 Å². The first kappa shape index (κ1) is 21.6. The van der Waals surface area contributed by atoms with E-state index in [0.717, 1.165) is 36.0 Å². The minimum Gasteiger partial charge on any atom is -0.352 e. The van der Waals surface area contributed by atoms with Gasteiger partial charge in [0.25, 0.3) is 0 Å². The molecule has 0 bridgehead atoms. The molecule has 2 aromatic carbocycles. The largest absolute Gasteiger partial charge is 0.352 e. The molecule has 32 heavy (non-hydrogen) atoms. The number of aromatic amines is 1. The number of likely N-dealkylation sites (tertiary alicyclic amines) is 1. The Balaban J connectivity index is 1.37. The highest BCUT2D eigenvalue weighted by Gasteiger charge is 2.21. The number of amides is 1. The first-order chi connectivity index (χ1) is 15.6. The number of aliphatic imine (C=N–C) groups is 1. The van der Waals surface area contributed by atoms with Crippen molar-refractivity contribution in [3.63, 3.8) is 0 Å². The smallest absolute Gasteiger partial charge is 0.222 e. The van der Waals surface area contributed by atoms with Gasteiger partial charge in [-0.3, -0.25) is 9.79 Å². The van der Waals surface area contributed by atoms with Gasteiger partial charge in [-0.2, -0.15) is 0 Å². The molecule has 1 amide bonds. The second-order valence-electron chi connectivity index (χ2n) is 8.05. The first-order valence-electron chi connectivity index (χ1n) is 11.0. The summed E-state index contributed by atoms with van der Waals surface area (Å²) >= 11 is 0. The van der Waals surface area contributed by atoms with Gasteiger partial charge in [0, 0.05) is 40.2 Å². The summed E-state index contributed by atoms with van der Waals surface area (Å²) in [6.45, 7) is 2.76. The molecule has 0 saturated carbocycles. The minimum atomic E-state index is 0.247. The molecule has 1 saturated heterocycles. The zero-order chi connectivity index (χ0) is 22.3. The summed E-state index contributed by atoms with van der Waals surface area (Å²) in [5, 5.41) is 3.45. The van der Waals surface area contributed by atoms with Crippen LogP contribution in [0.25, 0.3) is 11.3 Å². The number of rotatable bonds is 7. The van der Waals surface area contributed by atoms with Gasteiger partial charge in [-0.25, -0.2) is 4.98 Å². The maximum atomic E-state index is 12.0. The molecule has 0 radical (unpaired) electrons. The standard InChI is InChI=1S/C25H30N6O/c1-26-25(30(2)18-23-27-16-22(29-23)19-9-4-3-5-10-19)28-15-20-11-6-7-12-21(20)17-31-14-8-13-24(31)32/h3-7,9-12,16H,8,13-15,17-18H2,1-2H3,(H,26,28)(H,27,29). The molecule has 2 heterocycles. The average Bonchev–Trinajstić information content (AvgIpc) is 3.45. The number of nitrogens with zero attached hydrogens (tertiary/aromatic N) is 4. The number of carbonyl (C=O) groups is 1. The number of guanidine groups is 1. The molecule has 3 aromatic rings. The molecule has 7 nitrogen and oxygen atoms in total. The summed E-state index contributed by atoms with van der Waals surface area (Å²) in [5.74, 6) is 1.91. The van der Waals surface area contributed by atoms with E-state index in [1.54, 1.807) is 7.05 Å². The minimum absolute atomic E-state index is 0.247. The van der Waals surface area contributed by atoms with E-state index >= 15 is 0 Å². The van der Waals surface area contributed by atoms with Crippen molar-refractivity contribution in [3.05, 3.63) is 77.7 Å². The van der Waals surface area contributed by atoms with E-state index in [0.29, 0.717) is 26.1 Å². The maximum absolute atomic E-state index is 12.0. The normalized spacial score (nSPS) is 14.1. The van der Waals surface area contributed by atoms with Crippen molar-refractivity contribution in [2.24, 2.45) is 4.99 Å². The molecule has 1 aromatic heterocycles. The van der Waals surface area contributed by atoms with Gasteiger partial charge in [0.1, 0.15) is 5.82 Å². The van der Waals surface area contributed by atoms with Crippen molar-refractivity contribution >= 4 is 11.9 Å². The third kappa shape index (κ3) is 5.17. The van der Waals surface area contributed by atoms with Gasteiger partial charge in [-0.1, -0.05) is 54.6 Å². The monoisotopic (exact) mass is 430 g/mol. The number of H-pyrrole nitrogens is 1. The van der Waals surface area contributed by atoms with Crippen LogP contribution in [0.5, 0.6) is 0 Å². The number of imidazole rings is 1. The predicted molar refractivity (Wildman–Crippen MR) is 127 cm³/mol. The third-order valence-electron chi connectivity index (χ3n) is 5.76. The summed E-state index contributed by atoms with van der Waals surface area (Å²) in [5.41, 5.74) is 4.46. The van der Waals surface area contributed by atoms with E-state index in [-0.39, 0.29) is 5.91 Å². The Morgan fingerprint density at radius 3 is 2.62 bits per heavy atom. The van der Waals surface area contributed by atoms with E-state index in [1.165, 1.54) is 11.1 Å². The number of aromatic nitrogens is 2. The Morgan fingerprint density at radius 2 is 1.91 bits per heavy atom. The lowest BCUT2D eigenvalue weighted by Gasteiger charge is -2.22. The lowest BCUT2D eigenvalue weighted by molar-refractivity contribution is -0.128. The van der Waals surface area contributed by atoms with Crippen LogP contribution in [0.4, 0.5) is 0 Å². The van der Waals surface area contributed by atoms with Crippen molar-refractivity contribution in [3.8, 4) is 11.3 Å². The van der Waals surface area contributed by atoms with Crippen LogP contribution in [-0.2, 0) is 24.4 Å². The highest BCUT2D eigenvalue weighted by molar-refractivity contribution is 5.79. The SMILES string of the molecule is CN=C(NCc1ccccc1CN1CCCC1=O)N(C)Cc1ncc(-c2ccccc2)[nH]1. The summed E-state index contributed by atoms with van der Waals surface area (Å²) in [7, 11) is 3.78. The van der Waals surface area contributed by atoms with Crippen LogP contribution in [0.15, 0.2) is 65.8 Å². The molecule has 1 aliphatic rings. The number of nitrogens with one attached hydrogen (secondary N) is 2. The van der Waals surface area contributed by atoms with Crippen LogP contribution in [0.1, 0.15) is 29.8 Å². The summed E-state index contributed by atoms with van der Waals surface area (Å²) in [4.78, 5) is 28.4. The zero-order valence-electron chi connectivity index (χ0n) is 18.7. The van der Waals surface area contributed by atoms with Crippen molar-refractivity contribution in [2.45, 2.75) is 32.5 Å². The fourth-order valence-corrected chi connectivity index (χ4v) is 4.03. The molecule has 0 spiro atoms. The van der Waals surface area contributed by atoms with Crippen molar-refractivity contribution < 1.29 is 4.79 Å². The molecule has 7 heteroatoms. The van der Waals surface area contributed by atoms with Gasteiger partial charge in [0.05, 0.1) is 18.4 Å². The molecular weight excluding hydrogens is 400 g/mol. The number of hydrogen-bond acceptors (Lipinski definition) is 3.